The van der Waals surface area contributed by atoms with Gasteiger partial charge >= 0.3 is 0 Å². The number of furan rings is 1. The summed E-state index contributed by atoms with van der Waals surface area (Å²) in [6.07, 6.45) is 4.46. The number of rotatable bonds is 10. The van der Waals surface area contributed by atoms with Gasteiger partial charge in [0.15, 0.2) is 0 Å². The highest BCUT2D eigenvalue weighted by Gasteiger charge is 2.24. The van der Waals surface area contributed by atoms with Crippen LogP contribution in [-0.4, -0.2) is 13.7 Å². The average molecular weight is 393 g/mol. The maximum Gasteiger partial charge on any atom is 0.142 e. The lowest BCUT2D eigenvalue weighted by Crippen LogP contribution is -2.15. The van der Waals surface area contributed by atoms with E-state index < -0.39 is 0 Å². The Morgan fingerprint density at radius 3 is 2.44 bits per heavy atom. The fourth-order valence-electron chi connectivity index (χ4n) is 3.38. The molecule has 1 unspecified atom stereocenters. The molecule has 0 saturated carbocycles. The summed E-state index contributed by atoms with van der Waals surface area (Å²) in [5.74, 6) is 3.51. The van der Waals surface area contributed by atoms with Gasteiger partial charge in [-0.1, -0.05) is 59.1 Å². The quantitative estimate of drug-likeness (QED) is 0.419. The zero-order valence-electron chi connectivity index (χ0n) is 17.5. The van der Waals surface area contributed by atoms with Crippen molar-refractivity contribution < 1.29 is 13.9 Å². The van der Waals surface area contributed by atoms with Gasteiger partial charge in [0.05, 0.1) is 13.7 Å². The first-order valence-electron chi connectivity index (χ1n) is 9.93. The molecule has 0 bridgehead atoms. The molecule has 0 N–H and O–H groups in total. The number of ether oxygens (including phenoxy) is 2. The minimum absolute atomic E-state index is 0.0123. The van der Waals surface area contributed by atoms with Gasteiger partial charge < -0.3 is 13.9 Å². The van der Waals surface area contributed by atoms with Crippen LogP contribution in [0.3, 0.4) is 0 Å². The topological polar surface area (TPSA) is 31.6 Å². The molecule has 1 aromatic carbocycles. The largest absolute Gasteiger partial charge is 0.495 e. The highest BCUT2D eigenvalue weighted by atomic mass is 35.5. The van der Waals surface area contributed by atoms with Crippen LogP contribution in [-0.2, 0) is 5.41 Å². The highest BCUT2D eigenvalue weighted by molar-refractivity contribution is 6.33. The lowest BCUT2D eigenvalue weighted by Gasteiger charge is -2.21. The third-order valence-electron chi connectivity index (χ3n) is 4.96. The zero-order chi connectivity index (χ0) is 20.0. The monoisotopic (exact) mass is 392 g/mol. The molecule has 0 spiro atoms. The molecule has 0 aliphatic carbocycles. The molecule has 0 saturated heterocycles. The summed E-state index contributed by atoms with van der Waals surface area (Å²) >= 11 is 6.47. The fraction of sp³-hybridized carbons (Fsp3) is 0.565. The van der Waals surface area contributed by atoms with E-state index in [1.54, 1.807) is 7.11 Å². The van der Waals surface area contributed by atoms with E-state index in [-0.39, 0.29) is 5.41 Å². The number of halogens is 1. The van der Waals surface area contributed by atoms with E-state index in [1.807, 2.05) is 18.2 Å². The van der Waals surface area contributed by atoms with Crippen LogP contribution in [0.15, 0.2) is 28.7 Å². The summed E-state index contributed by atoms with van der Waals surface area (Å²) in [6.45, 7) is 11.6. The van der Waals surface area contributed by atoms with E-state index in [0.717, 1.165) is 42.8 Å². The summed E-state index contributed by atoms with van der Waals surface area (Å²) in [5, 5.41) is 0.503. The predicted molar refractivity (Wildman–Crippen MR) is 113 cm³/mol. The summed E-state index contributed by atoms with van der Waals surface area (Å²) in [6, 6.07) is 7.92. The Morgan fingerprint density at radius 2 is 1.81 bits per heavy atom. The molecule has 1 aromatic heterocycles. The molecule has 27 heavy (non-hydrogen) atoms. The average Bonchev–Trinajstić information content (AvgIpc) is 3.12. The van der Waals surface area contributed by atoms with Crippen molar-refractivity contribution in [1.29, 1.82) is 0 Å². The van der Waals surface area contributed by atoms with Gasteiger partial charge in [-0.05, 0) is 43.0 Å². The third kappa shape index (κ3) is 5.44. The molecule has 2 aromatic rings. The molecule has 0 aliphatic heterocycles. The van der Waals surface area contributed by atoms with Crippen molar-refractivity contribution in [2.45, 2.75) is 65.7 Å². The van der Waals surface area contributed by atoms with Gasteiger partial charge in [0.25, 0.3) is 0 Å². The second-order valence-corrected chi connectivity index (χ2v) is 8.37. The van der Waals surface area contributed by atoms with Gasteiger partial charge in [-0.25, -0.2) is 0 Å². The van der Waals surface area contributed by atoms with Crippen LogP contribution < -0.4 is 9.47 Å². The lowest BCUT2D eigenvalue weighted by atomic mass is 9.85. The van der Waals surface area contributed by atoms with Crippen LogP contribution in [0.2, 0.25) is 5.02 Å². The van der Waals surface area contributed by atoms with E-state index in [4.69, 9.17) is 25.5 Å². The van der Waals surface area contributed by atoms with Gasteiger partial charge in [-0.3, -0.25) is 0 Å². The van der Waals surface area contributed by atoms with E-state index in [2.05, 4.69) is 40.7 Å². The molecule has 150 valence electrons. The smallest absolute Gasteiger partial charge is 0.142 e. The molecule has 0 amide bonds. The van der Waals surface area contributed by atoms with Crippen LogP contribution in [0.1, 0.15) is 66.1 Å². The number of methoxy groups -OCH3 is 1. The standard InChI is InChI=1S/C23H33ClO3/c1-7-9-16(3)15-26-20-14-17(13-19(25-6)22(20)24)18-10-11-21(27-18)23(4,5)12-8-2/h10-11,13-14,16H,7-9,12,15H2,1-6H3. The summed E-state index contributed by atoms with van der Waals surface area (Å²) in [7, 11) is 1.62. The minimum atomic E-state index is 0.0123. The minimum Gasteiger partial charge on any atom is -0.495 e. The normalized spacial score (nSPS) is 12.9. The van der Waals surface area contributed by atoms with Crippen molar-refractivity contribution in [3.05, 3.63) is 35.0 Å². The third-order valence-corrected chi connectivity index (χ3v) is 5.34. The van der Waals surface area contributed by atoms with Gasteiger partial charge in [-0.15, -0.1) is 0 Å². The Bertz CT molecular complexity index is 733. The SMILES string of the molecule is CCCC(C)COc1cc(-c2ccc(C(C)(C)CCC)o2)cc(OC)c1Cl. The zero-order valence-corrected chi connectivity index (χ0v) is 18.3. The highest BCUT2D eigenvalue weighted by Crippen LogP contribution is 2.40. The maximum absolute atomic E-state index is 6.47. The first kappa shape index (κ1) is 21.7. The summed E-state index contributed by atoms with van der Waals surface area (Å²) < 4.78 is 17.7. The van der Waals surface area contributed by atoms with Crippen molar-refractivity contribution >= 4 is 11.6 Å². The molecule has 3 nitrogen and oxygen atoms in total. The molecule has 0 radical (unpaired) electrons. The van der Waals surface area contributed by atoms with Crippen LogP contribution in [0.5, 0.6) is 11.5 Å². The fourth-order valence-corrected chi connectivity index (χ4v) is 3.62. The molecule has 1 atom stereocenters. The Labute approximate surface area is 169 Å². The van der Waals surface area contributed by atoms with Gasteiger partial charge in [0.1, 0.15) is 28.0 Å². The van der Waals surface area contributed by atoms with Crippen LogP contribution >= 0.6 is 11.6 Å². The number of hydrogen-bond acceptors (Lipinski definition) is 3. The Hall–Kier alpha value is -1.61. The van der Waals surface area contributed by atoms with Crippen molar-refractivity contribution in [1.82, 2.24) is 0 Å². The van der Waals surface area contributed by atoms with Crippen LogP contribution in [0, 0.1) is 5.92 Å². The molecule has 2 rings (SSSR count). The van der Waals surface area contributed by atoms with Crippen molar-refractivity contribution in [2.75, 3.05) is 13.7 Å². The van der Waals surface area contributed by atoms with E-state index in [0.29, 0.717) is 29.0 Å². The van der Waals surface area contributed by atoms with Crippen molar-refractivity contribution in [2.24, 2.45) is 5.92 Å². The molecule has 0 fully saturated rings. The Morgan fingerprint density at radius 1 is 1.11 bits per heavy atom. The lowest BCUT2D eigenvalue weighted by molar-refractivity contribution is 0.250. The van der Waals surface area contributed by atoms with E-state index >= 15 is 0 Å². The van der Waals surface area contributed by atoms with Gasteiger partial charge in [0.2, 0.25) is 0 Å². The van der Waals surface area contributed by atoms with E-state index in [1.165, 1.54) is 0 Å². The molecular weight excluding hydrogens is 360 g/mol. The van der Waals surface area contributed by atoms with Gasteiger partial charge in [0, 0.05) is 11.0 Å². The molecule has 0 aliphatic rings. The maximum atomic E-state index is 6.47. The second-order valence-electron chi connectivity index (χ2n) is 7.99. The Balaban J connectivity index is 2.32. The molecule has 1 heterocycles. The van der Waals surface area contributed by atoms with E-state index in [9.17, 15) is 0 Å². The van der Waals surface area contributed by atoms with Crippen molar-refractivity contribution in [3.63, 3.8) is 0 Å². The van der Waals surface area contributed by atoms with Crippen LogP contribution in [0.25, 0.3) is 11.3 Å². The molecule has 4 heteroatoms. The van der Waals surface area contributed by atoms with Gasteiger partial charge in [-0.2, -0.15) is 0 Å². The predicted octanol–water partition coefficient (Wildman–Crippen LogP) is 7.50. The number of hydrogen-bond donors (Lipinski definition) is 0. The first-order chi connectivity index (χ1) is 12.8. The number of benzene rings is 1. The second kappa shape index (κ2) is 9.54. The molecular formula is C23H33ClO3. The van der Waals surface area contributed by atoms with Crippen molar-refractivity contribution in [3.8, 4) is 22.8 Å². The summed E-state index contributed by atoms with van der Waals surface area (Å²) in [4.78, 5) is 0. The van der Waals surface area contributed by atoms with Crippen LogP contribution in [0.4, 0.5) is 0 Å². The Kier molecular flexibility index (Phi) is 7.67. The summed E-state index contributed by atoms with van der Waals surface area (Å²) in [5.41, 5.74) is 0.922. The first-order valence-corrected chi connectivity index (χ1v) is 10.3.